The van der Waals surface area contributed by atoms with Gasteiger partial charge in [0.25, 0.3) is 5.91 Å². The Balaban J connectivity index is 2.08. The molecule has 2 rings (SSSR count). The number of amides is 1. The minimum Gasteiger partial charge on any atom is -0.489 e. The summed E-state index contributed by atoms with van der Waals surface area (Å²) in [6.07, 6.45) is 1.62. The number of nitrogens with zero attached hydrogens (tertiary/aromatic N) is 1. The normalized spacial score (nSPS) is 10.5. The fourth-order valence-electron chi connectivity index (χ4n) is 2.08. The fraction of sp³-hybridized carbons (Fsp3) is 0.333. The van der Waals surface area contributed by atoms with E-state index < -0.39 is 0 Å². The molecule has 24 heavy (non-hydrogen) atoms. The molecule has 1 aromatic carbocycles. The molecule has 1 heterocycles. The van der Waals surface area contributed by atoms with Crippen LogP contribution in [0.15, 0.2) is 42.6 Å². The van der Waals surface area contributed by atoms with Crippen molar-refractivity contribution >= 4 is 17.3 Å². The van der Waals surface area contributed by atoms with Crippen molar-refractivity contribution in [1.82, 2.24) is 4.98 Å². The third-order valence-electron chi connectivity index (χ3n) is 3.13. The van der Waals surface area contributed by atoms with Crippen molar-refractivity contribution in [3.8, 4) is 5.75 Å². The molecule has 0 fully saturated rings. The molecule has 1 amide bonds. The quantitative estimate of drug-likeness (QED) is 0.728. The van der Waals surface area contributed by atoms with Crippen LogP contribution in [0.2, 0.25) is 0 Å². The molecular formula is C18H23N3O3. The van der Waals surface area contributed by atoms with Gasteiger partial charge in [0.2, 0.25) is 0 Å². The number of anilines is 2. The first-order valence-corrected chi connectivity index (χ1v) is 7.86. The van der Waals surface area contributed by atoms with E-state index in [0.717, 1.165) is 5.69 Å². The SMILES string of the molecule is COCCNc1ccnc(C(=O)Nc2ccccc2OC(C)C)c1. The molecule has 0 saturated heterocycles. The molecule has 0 aliphatic carbocycles. The third kappa shape index (κ3) is 5.24. The van der Waals surface area contributed by atoms with Crippen LogP contribution in [-0.2, 0) is 4.74 Å². The summed E-state index contributed by atoms with van der Waals surface area (Å²) in [7, 11) is 1.64. The van der Waals surface area contributed by atoms with Crippen molar-refractivity contribution in [2.24, 2.45) is 0 Å². The fourth-order valence-corrected chi connectivity index (χ4v) is 2.08. The molecule has 0 bridgehead atoms. The van der Waals surface area contributed by atoms with Gasteiger partial charge in [-0.15, -0.1) is 0 Å². The largest absolute Gasteiger partial charge is 0.489 e. The van der Waals surface area contributed by atoms with Crippen LogP contribution in [-0.4, -0.2) is 37.3 Å². The van der Waals surface area contributed by atoms with Crippen molar-refractivity contribution in [3.05, 3.63) is 48.3 Å². The van der Waals surface area contributed by atoms with Crippen LogP contribution in [0.4, 0.5) is 11.4 Å². The standard InChI is InChI=1S/C18H23N3O3/c1-13(2)24-17-7-5-4-6-15(17)21-18(22)16-12-14(8-9-20-16)19-10-11-23-3/h4-9,12-13H,10-11H2,1-3H3,(H,19,20)(H,21,22). The molecule has 0 spiro atoms. The van der Waals surface area contributed by atoms with E-state index in [1.807, 2.05) is 38.1 Å². The molecule has 0 saturated carbocycles. The lowest BCUT2D eigenvalue weighted by Crippen LogP contribution is -2.16. The Bertz CT molecular complexity index is 674. The van der Waals surface area contributed by atoms with E-state index in [1.54, 1.807) is 25.4 Å². The zero-order valence-corrected chi connectivity index (χ0v) is 14.2. The molecule has 0 radical (unpaired) electrons. The molecule has 0 aliphatic rings. The van der Waals surface area contributed by atoms with Gasteiger partial charge >= 0.3 is 0 Å². The van der Waals surface area contributed by atoms with Gasteiger partial charge in [-0.25, -0.2) is 0 Å². The number of benzene rings is 1. The third-order valence-corrected chi connectivity index (χ3v) is 3.13. The Morgan fingerprint density at radius 2 is 2.04 bits per heavy atom. The Hall–Kier alpha value is -2.60. The average Bonchev–Trinajstić information content (AvgIpc) is 2.57. The predicted molar refractivity (Wildman–Crippen MR) is 94.8 cm³/mol. The Labute approximate surface area is 142 Å². The van der Waals surface area contributed by atoms with Gasteiger partial charge < -0.3 is 20.1 Å². The van der Waals surface area contributed by atoms with Crippen LogP contribution < -0.4 is 15.4 Å². The van der Waals surface area contributed by atoms with Crippen LogP contribution in [0, 0.1) is 0 Å². The zero-order valence-electron chi connectivity index (χ0n) is 14.2. The van der Waals surface area contributed by atoms with Crippen LogP contribution in [0.1, 0.15) is 24.3 Å². The van der Waals surface area contributed by atoms with Crippen molar-refractivity contribution in [1.29, 1.82) is 0 Å². The van der Waals surface area contributed by atoms with Gasteiger partial charge in [0.1, 0.15) is 11.4 Å². The van der Waals surface area contributed by atoms with E-state index in [-0.39, 0.29) is 12.0 Å². The number of carbonyl (C=O) groups is 1. The summed E-state index contributed by atoms with van der Waals surface area (Å²) < 4.78 is 10.7. The molecule has 6 nitrogen and oxygen atoms in total. The van der Waals surface area contributed by atoms with Crippen molar-refractivity contribution in [2.75, 3.05) is 30.9 Å². The van der Waals surface area contributed by atoms with E-state index in [9.17, 15) is 4.79 Å². The summed E-state index contributed by atoms with van der Waals surface area (Å²) in [5.41, 5.74) is 1.77. The zero-order chi connectivity index (χ0) is 17.4. The number of hydrogen-bond acceptors (Lipinski definition) is 5. The van der Waals surface area contributed by atoms with E-state index in [4.69, 9.17) is 9.47 Å². The van der Waals surface area contributed by atoms with Crippen LogP contribution in [0.25, 0.3) is 0 Å². The number of pyridine rings is 1. The summed E-state index contributed by atoms with van der Waals surface area (Å²) in [4.78, 5) is 16.6. The first-order chi connectivity index (χ1) is 11.6. The Morgan fingerprint density at radius 1 is 1.25 bits per heavy atom. The van der Waals surface area contributed by atoms with Gasteiger partial charge in [-0.2, -0.15) is 0 Å². The number of methoxy groups -OCH3 is 1. The summed E-state index contributed by atoms with van der Waals surface area (Å²) in [5, 5.41) is 6.02. The highest BCUT2D eigenvalue weighted by Crippen LogP contribution is 2.25. The summed E-state index contributed by atoms with van der Waals surface area (Å²) >= 11 is 0. The molecular weight excluding hydrogens is 306 g/mol. The number of rotatable bonds is 8. The minimum atomic E-state index is -0.287. The topological polar surface area (TPSA) is 72.5 Å². The Morgan fingerprint density at radius 3 is 2.79 bits per heavy atom. The van der Waals surface area contributed by atoms with Crippen LogP contribution in [0.3, 0.4) is 0 Å². The lowest BCUT2D eigenvalue weighted by atomic mass is 10.2. The van der Waals surface area contributed by atoms with E-state index in [2.05, 4.69) is 15.6 Å². The number of para-hydroxylation sites is 2. The maximum Gasteiger partial charge on any atom is 0.274 e. The maximum atomic E-state index is 12.5. The number of ether oxygens (including phenoxy) is 2. The summed E-state index contributed by atoms with van der Waals surface area (Å²) in [5.74, 6) is 0.348. The average molecular weight is 329 g/mol. The Kier molecular flexibility index (Phi) is 6.57. The maximum absolute atomic E-state index is 12.5. The van der Waals surface area contributed by atoms with Crippen LogP contribution in [0.5, 0.6) is 5.75 Å². The summed E-state index contributed by atoms with van der Waals surface area (Å²) in [6.45, 7) is 5.13. The highest BCUT2D eigenvalue weighted by Gasteiger charge is 2.12. The lowest BCUT2D eigenvalue weighted by Gasteiger charge is -2.14. The van der Waals surface area contributed by atoms with E-state index >= 15 is 0 Å². The van der Waals surface area contributed by atoms with Gasteiger partial charge in [0.15, 0.2) is 0 Å². The number of nitrogens with one attached hydrogen (secondary N) is 2. The second kappa shape index (κ2) is 8.88. The van der Waals surface area contributed by atoms with Crippen molar-refractivity contribution < 1.29 is 14.3 Å². The highest BCUT2D eigenvalue weighted by atomic mass is 16.5. The molecule has 0 aliphatic heterocycles. The molecule has 6 heteroatoms. The smallest absolute Gasteiger partial charge is 0.274 e. The van der Waals surface area contributed by atoms with Crippen molar-refractivity contribution in [3.63, 3.8) is 0 Å². The molecule has 128 valence electrons. The monoisotopic (exact) mass is 329 g/mol. The van der Waals surface area contributed by atoms with Crippen LogP contribution >= 0.6 is 0 Å². The first kappa shape index (κ1) is 17.7. The van der Waals surface area contributed by atoms with Gasteiger partial charge in [-0.1, -0.05) is 12.1 Å². The van der Waals surface area contributed by atoms with Gasteiger partial charge in [-0.05, 0) is 38.1 Å². The molecule has 0 atom stereocenters. The molecule has 2 aromatic rings. The minimum absolute atomic E-state index is 0.0227. The van der Waals surface area contributed by atoms with E-state index in [0.29, 0.717) is 30.3 Å². The highest BCUT2D eigenvalue weighted by molar-refractivity contribution is 6.04. The van der Waals surface area contributed by atoms with Gasteiger partial charge in [0.05, 0.1) is 18.4 Å². The number of aromatic nitrogens is 1. The molecule has 1 aromatic heterocycles. The number of carbonyl (C=O) groups excluding carboxylic acids is 1. The van der Waals surface area contributed by atoms with Gasteiger partial charge in [0, 0.05) is 25.5 Å². The molecule has 2 N–H and O–H groups in total. The second-order valence-electron chi connectivity index (χ2n) is 5.47. The van der Waals surface area contributed by atoms with Crippen molar-refractivity contribution in [2.45, 2.75) is 20.0 Å². The molecule has 0 unspecified atom stereocenters. The summed E-state index contributed by atoms with van der Waals surface area (Å²) in [6, 6.07) is 10.9. The van der Waals surface area contributed by atoms with E-state index in [1.165, 1.54) is 0 Å². The lowest BCUT2D eigenvalue weighted by molar-refractivity contribution is 0.102. The first-order valence-electron chi connectivity index (χ1n) is 7.86. The number of hydrogen-bond donors (Lipinski definition) is 2. The van der Waals surface area contributed by atoms with Gasteiger partial charge in [-0.3, -0.25) is 9.78 Å². The predicted octanol–water partition coefficient (Wildman–Crippen LogP) is 3.18. The second-order valence-corrected chi connectivity index (χ2v) is 5.47.